The molecule has 0 spiro atoms. The van der Waals surface area contributed by atoms with Gasteiger partial charge in [0.1, 0.15) is 17.2 Å². The van der Waals surface area contributed by atoms with Gasteiger partial charge in [0.25, 0.3) is 5.69 Å². The maximum absolute atomic E-state index is 11.0. The summed E-state index contributed by atoms with van der Waals surface area (Å²) in [5, 5.41) is 14.7. The molecule has 3 aromatic rings. The van der Waals surface area contributed by atoms with Crippen LogP contribution in [-0.4, -0.2) is 20.3 Å². The van der Waals surface area contributed by atoms with E-state index in [2.05, 4.69) is 35.7 Å². The molecule has 2 aromatic heterocycles. The number of imidazole rings is 1. The normalized spacial score (nSPS) is 15.2. The van der Waals surface area contributed by atoms with Gasteiger partial charge >= 0.3 is 0 Å². The van der Waals surface area contributed by atoms with Gasteiger partial charge < -0.3 is 5.32 Å². The molecule has 1 fully saturated rings. The number of nitro groups is 1. The number of nitrogens with zero attached hydrogens (tertiary/aromatic N) is 3. The molecule has 140 valence electrons. The molecule has 0 radical (unpaired) electrons. The zero-order chi connectivity index (χ0) is 19.0. The summed E-state index contributed by atoms with van der Waals surface area (Å²) in [5.74, 6) is 0.989. The van der Waals surface area contributed by atoms with Gasteiger partial charge in [-0.2, -0.15) is 0 Å². The predicted octanol–water partition coefficient (Wildman–Crippen LogP) is 5.27. The highest BCUT2D eigenvalue weighted by atomic mass is 16.6. The van der Waals surface area contributed by atoms with Crippen LogP contribution in [0.5, 0.6) is 0 Å². The quantitative estimate of drug-likeness (QED) is 0.505. The van der Waals surface area contributed by atoms with Crippen LogP contribution in [-0.2, 0) is 0 Å². The predicted molar refractivity (Wildman–Crippen MR) is 107 cm³/mol. The van der Waals surface area contributed by atoms with Crippen LogP contribution < -0.4 is 5.32 Å². The van der Waals surface area contributed by atoms with Gasteiger partial charge in [-0.05, 0) is 56.5 Å². The maximum Gasteiger partial charge on any atom is 0.269 e. The molecule has 0 aliphatic heterocycles. The molecule has 4 rings (SSSR count). The van der Waals surface area contributed by atoms with Crippen LogP contribution in [0.2, 0.25) is 0 Å². The van der Waals surface area contributed by atoms with Crippen molar-refractivity contribution in [3.05, 3.63) is 57.8 Å². The Morgan fingerprint density at radius 2 is 1.81 bits per heavy atom. The SMILES string of the molecule is Cc1cc(C)n2c(NC3CCCCC3)c(-c3ccc([N+](=O)[O-])cc3)nc2c1. The zero-order valence-corrected chi connectivity index (χ0v) is 15.7. The number of rotatable bonds is 4. The number of hydrogen-bond donors (Lipinski definition) is 1. The number of benzene rings is 1. The third-order valence-corrected chi connectivity index (χ3v) is 5.35. The summed E-state index contributed by atoms with van der Waals surface area (Å²) >= 11 is 0. The maximum atomic E-state index is 11.0. The van der Waals surface area contributed by atoms with Crippen LogP contribution in [0, 0.1) is 24.0 Å². The van der Waals surface area contributed by atoms with Crippen molar-refractivity contribution in [3.63, 3.8) is 0 Å². The van der Waals surface area contributed by atoms with Gasteiger partial charge in [0.15, 0.2) is 0 Å². The minimum atomic E-state index is -0.373. The number of non-ortho nitro benzene ring substituents is 1. The largest absolute Gasteiger partial charge is 0.367 e. The number of hydrogen-bond acceptors (Lipinski definition) is 4. The van der Waals surface area contributed by atoms with Gasteiger partial charge in [-0.3, -0.25) is 14.5 Å². The fourth-order valence-electron chi connectivity index (χ4n) is 4.05. The first-order valence-corrected chi connectivity index (χ1v) is 9.54. The van der Waals surface area contributed by atoms with E-state index in [1.54, 1.807) is 24.3 Å². The van der Waals surface area contributed by atoms with Gasteiger partial charge in [-0.1, -0.05) is 19.3 Å². The van der Waals surface area contributed by atoms with Crippen molar-refractivity contribution >= 4 is 17.2 Å². The average Bonchev–Trinajstić information content (AvgIpc) is 3.01. The Morgan fingerprint density at radius 1 is 1.11 bits per heavy atom. The molecular formula is C21H24N4O2. The van der Waals surface area contributed by atoms with Crippen molar-refractivity contribution in [2.75, 3.05) is 5.32 Å². The second kappa shape index (κ2) is 7.02. The van der Waals surface area contributed by atoms with E-state index in [-0.39, 0.29) is 10.6 Å². The summed E-state index contributed by atoms with van der Waals surface area (Å²) in [5.41, 5.74) is 5.03. The van der Waals surface area contributed by atoms with Crippen molar-refractivity contribution in [1.82, 2.24) is 9.38 Å². The summed E-state index contributed by atoms with van der Waals surface area (Å²) in [6.07, 6.45) is 6.13. The van der Waals surface area contributed by atoms with Crippen LogP contribution >= 0.6 is 0 Å². The molecule has 2 heterocycles. The van der Waals surface area contributed by atoms with Gasteiger partial charge in [0.05, 0.1) is 4.92 Å². The van der Waals surface area contributed by atoms with E-state index in [1.807, 2.05) is 0 Å². The summed E-state index contributed by atoms with van der Waals surface area (Å²) in [7, 11) is 0. The number of nitrogens with one attached hydrogen (secondary N) is 1. The summed E-state index contributed by atoms with van der Waals surface area (Å²) < 4.78 is 2.17. The highest BCUT2D eigenvalue weighted by Gasteiger charge is 2.21. The Hall–Kier alpha value is -2.89. The fourth-order valence-corrected chi connectivity index (χ4v) is 4.05. The standard InChI is InChI=1S/C21H24N4O2/c1-14-12-15(2)24-19(13-14)23-20(16-8-10-18(11-9-16)25(26)27)21(24)22-17-6-4-3-5-7-17/h8-13,17,22H,3-7H2,1-2H3. The first-order valence-electron chi connectivity index (χ1n) is 9.54. The van der Waals surface area contributed by atoms with Crippen LogP contribution in [0.3, 0.4) is 0 Å². The van der Waals surface area contributed by atoms with Crippen molar-refractivity contribution in [3.8, 4) is 11.3 Å². The summed E-state index contributed by atoms with van der Waals surface area (Å²) in [6.45, 7) is 4.16. The van der Waals surface area contributed by atoms with Crippen molar-refractivity contribution < 1.29 is 4.92 Å². The summed E-state index contributed by atoms with van der Waals surface area (Å²) in [4.78, 5) is 15.5. The molecule has 0 unspecified atom stereocenters. The molecule has 0 atom stereocenters. The van der Waals surface area contributed by atoms with Gasteiger partial charge in [-0.25, -0.2) is 4.98 Å². The molecule has 0 amide bonds. The number of aryl methyl sites for hydroxylation is 2. The monoisotopic (exact) mass is 364 g/mol. The third kappa shape index (κ3) is 3.39. The van der Waals surface area contributed by atoms with E-state index in [4.69, 9.17) is 4.98 Å². The van der Waals surface area contributed by atoms with Gasteiger partial charge in [-0.15, -0.1) is 0 Å². The van der Waals surface area contributed by atoms with Crippen LogP contribution in [0.1, 0.15) is 43.4 Å². The van der Waals surface area contributed by atoms with E-state index >= 15 is 0 Å². The molecule has 1 aliphatic rings. The Bertz CT molecular complexity index is 986. The zero-order valence-electron chi connectivity index (χ0n) is 15.7. The number of fused-ring (bicyclic) bond motifs is 1. The Labute approximate surface area is 158 Å². The van der Waals surface area contributed by atoms with Crippen LogP contribution in [0.4, 0.5) is 11.5 Å². The molecule has 1 aliphatic carbocycles. The molecule has 1 aromatic carbocycles. The van der Waals surface area contributed by atoms with Crippen molar-refractivity contribution in [1.29, 1.82) is 0 Å². The van der Waals surface area contributed by atoms with E-state index < -0.39 is 0 Å². The first kappa shape index (κ1) is 17.5. The first-order chi connectivity index (χ1) is 13.0. The molecule has 0 saturated heterocycles. The smallest absolute Gasteiger partial charge is 0.269 e. The molecule has 6 heteroatoms. The minimum absolute atomic E-state index is 0.0938. The second-order valence-corrected chi connectivity index (χ2v) is 7.46. The van der Waals surface area contributed by atoms with E-state index in [0.717, 1.165) is 41.3 Å². The van der Waals surface area contributed by atoms with Gasteiger partial charge in [0, 0.05) is 29.4 Å². The average molecular weight is 364 g/mol. The molecule has 27 heavy (non-hydrogen) atoms. The number of pyridine rings is 1. The second-order valence-electron chi connectivity index (χ2n) is 7.46. The number of anilines is 1. The highest BCUT2D eigenvalue weighted by molar-refractivity contribution is 5.77. The van der Waals surface area contributed by atoms with Crippen molar-refractivity contribution in [2.24, 2.45) is 0 Å². The van der Waals surface area contributed by atoms with E-state index in [9.17, 15) is 10.1 Å². The topological polar surface area (TPSA) is 72.5 Å². The van der Waals surface area contributed by atoms with E-state index in [1.165, 1.54) is 24.8 Å². The summed E-state index contributed by atoms with van der Waals surface area (Å²) in [6, 6.07) is 11.3. The fraction of sp³-hybridized carbons (Fsp3) is 0.381. The Balaban J connectivity index is 1.83. The molecular weight excluding hydrogens is 340 g/mol. The lowest BCUT2D eigenvalue weighted by Gasteiger charge is -2.24. The minimum Gasteiger partial charge on any atom is -0.367 e. The lowest BCUT2D eigenvalue weighted by Crippen LogP contribution is -2.23. The van der Waals surface area contributed by atoms with Gasteiger partial charge in [0.2, 0.25) is 0 Å². The molecule has 6 nitrogen and oxygen atoms in total. The highest BCUT2D eigenvalue weighted by Crippen LogP contribution is 2.33. The van der Waals surface area contributed by atoms with Crippen LogP contribution in [0.25, 0.3) is 16.9 Å². The van der Waals surface area contributed by atoms with Crippen LogP contribution in [0.15, 0.2) is 36.4 Å². The Kier molecular flexibility index (Phi) is 4.56. The number of aromatic nitrogens is 2. The van der Waals surface area contributed by atoms with E-state index in [0.29, 0.717) is 6.04 Å². The van der Waals surface area contributed by atoms with Crippen molar-refractivity contribution in [2.45, 2.75) is 52.0 Å². The Morgan fingerprint density at radius 3 is 2.48 bits per heavy atom. The lowest BCUT2D eigenvalue weighted by atomic mass is 9.95. The number of nitro benzene ring substituents is 1. The molecule has 0 bridgehead atoms. The molecule has 1 N–H and O–H groups in total. The third-order valence-electron chi connectivity index (χ3n) is 5.35. The lowest BCUT2D eigenvalue weighted by molar-refractivity contribution is -0.384. The molecule has 1 saturated carbocycles.